The van der Waals surface area contributed by atoms with Crippen LogP contribution in [0.3, 0.4) is 0 Å². The van der Waals surface area contributed by atoms with Crippen molar-refractivity contribution >= 4 is 0 Å². The molecule has 72 valence electrons. The molecule has 12 heavy (non-hydrogen) atoms. The third kappa shape index (κ3) is 4.67. The molecule has 2 nitrogen and oxygen atoms in total. The zero-order valence-corrected chi connectivity index (χ0v) is 7.85. The highest BCUT2D eigenvalue weighted by molar-refractivity contribution is 4.80. The van der Waals surface area contributed by atoms with Gasteiger partial charge in [-0.2, -0.15) is 0 Å². The zero-order chi connectivity index (χ0) is 8.81. The van der Waals surface area contributed by atoms with E-state index in [4.69, 9.17) is 0 Å². The third-order valence-corrected chi connectivity index (χ3v) is 2.18. The summed E-state index contributed by atoms with van der Waals surface area (Å²) >= 11 is 0. The first kappa shape index (κ1) is 9.93. The van der Waals surface area contributed by atoms with Crippen molar-refractivity contribution in [3.05, 3.63) is 0 Å². The zero-order valence-electron chi connectivity index (χ0n) is 7.85. The van der Waals surface area contributed by atoms with Crippen LogP contribution in [0.5, 0.6) is 0 Å². The molecule has 1 N–H and O–H groups in total. The molecule has 1 aliphatic carbocycles. The molecular weight excluding hydrogens is 155 g/mol. The molecule has 0 aromatic heterocycles. The van der Waals surface area contributed by atoms with Crippen molar-refractivity contribution in [3.63, 3.8) is 0 Å². The van der Waals surface area contributed by atoms with Crippen LogP contribution in [0.15, 0.2) is 0 Å². The van der Waals surface area contributed by atoms with Crippen LogP contribution in [0.4, 0.5) is 4.39 Å². The third-order valence-electron chi connectivity index (χ3n) is 2.18. The van der Waals surface area contributed by atoms with E-state index in [1.807, 2.05) is 7.05 Å². The predicted molar refractivity (Wildman–Crippen MR) is 49.1 cm³/mol. The van der Waals surface area contributed by atoms with Gasteiger partial charge in [0.05, 0.1) is 6.67 Å². The molecule has 0 aromatic rings. The smallest absolute Gasteiger partial charge is 0.0906 e. The first-order chi connectivity index (χ1) is 5.83. The van der Waals surface area contributed by atoms with E-state index in [1.165, 1.54) is 12.8 Å². The van der Waals surface area contributed by atoms with Crippen molar-refractivity contribution in [2.45, 2.75) is 25.3 Å². The highest BCUT2D eigenvalue weighted by Crippen LogP contribution is 2.17. The van der Waals surface area contributed by atoms with Gasteiger partial charge in [-0.05, 0) is 26.3 Å². The van der Waals surface area contributed by atoms with E-state index < -0.39 is 0 Å². The normalized spacial score (nSPS) is 17.2. The molecule has 0 spiro atoms. The van der Waals surface area contributed by atoms with Crippen molar-refractivity contribution in [3.8, 4) is 0 Å². The Morgan fingerprint density at radius 2 is 2.17 bits per heavy atom. The molecule has 0 bridgehead atoms. The Hall–Kier alpha value is -0.150. The molecule has 3 heteroatoms. The SMILES string of the molecule is CN(CCCF)CCNC1CC1. The molecule has 1 rings (SSSR count). The lowest BCUT2D eigenvalue weighted by molar-refractivity contribution is 0.307. The lowest BCUT2D eigenvalue weighted by Gasteiger charge is -2.15. The summed E-state index contributed by atoms with van der Waals surface area (Å²) in [6.07, 6.45) is 3.35. The van der Waals surface area contributed by atoms with E-state index >= 15 is 0 Å². The second kappa shape index (κ2) is 5.49. The summed E-state index contributed by atoms with van der Waals surface area (Å²) in [4.78, 5) is 2.18. The fourth-order valence-electron chi connectivity index (χ4n) is 1.19. The van der Waals surface area contributed by atoms with E-state index in [2.05, 4.69) is 10.2 Å². The van der Waals surface area contributed by atoms with E-state index in [-0.39, 0.29) is 6.67 Å². The van der Waals surface area contributed by atoms with Gasteiger partial charge in [0.2, 0.25) is 0 Å². The number of nitrogens with one attached hydrogen (secondary N) is 1. The van der Waals surface area contributed by atoms with Gasteiger partial charge < -0.3 is 10.2 Å². The van der Waals surface area contributed by atoms with Crippen molar-refractivity contribution in [1.29, 1.82) is 0 Å². The maximum Gasteiger partial charge on any atom is 0.0906 e. The summed E-state index contributed by atoms with van der Waals surface area (Å²) in [6.45, 7) is 2.77. The summed E-state index contributed by atoms with van der Waals surface area (Å²) in [7, 11) is 2.05. The minimum absolute atomic E-state index is 0.194. The molecule has 0 amide bonds. The lowest BCUT2D eigenvalue weighted by atomic mass is 10.4. The Morgan fingerprint density at radius 1 is 1.42 bits per heavy atom. The van der Waals surface area contributed by atoms with Gasteiger partial charge in [-0.1, -0.05) is 0 Å². The predicted octanol–water partition coefficient (Wildman–Crippen LogP) is 1.03. The molecular formula is C9H19FN2. The number of hydrogen-bond acceptors (Lipinski definition) is 2. The maximum atomic E-state index is 11.8. The summed E-state index contributed by atoms with van der Waals surface area (Å²) in [5.74, 6) is 0. The van der Waals surface area contributed by atoms with Gasteiger partial charge in [-0.15, -0.1) is 0 Å². The molecule has 0 atom stereocenters. The maximum absolute atomic E-state index is 11.8. The van der Waals surface area contributed by atoms with E-state index in [0.717, 1.165) is 25.7 Å². The Kier molecular flexibility index (Phi) is 4.54. The molecule has 0 aliphatic heterocycles. The highest BCUT2D eigenvalue weighted by atomic mass is 19.1. The van der Waals surface area contributed by atoms with E-state index in [1.54, 1.807) is 0 Å². The van der Waals surface area contributed by atoms with Gasteiger partial charge in [-0.25, -0.2) is 0 Å². The Morgan fingerprint density at radius 3 is 2.75 bits per heavy atom. The topological polar surface area (TPSA) is 15.3 Å². The van der Waals surface area contributed by atoms with Gasteiger partial charge in [0, 0.05) is 25.7 Å². The average Bonchev–Trinajstić information content (AvgIpc) is 2.84. The molecule has 0 aromatic carbocycles. The summed E-state index contributed by atoms with van der Waals surface area (Å²) in [5.41, 5.74) is 0. The quantitative estimate of drug-likeness (QED) is 0.620. The van der Waals surface area contributed by atoms with Crippen LogP contribution in [0, 0.1) is 0 Å². The Balaban J connectivity index is 1.83. The standard InChI is InChI=1S/C9H19FN2/c1-12(7-2-5-10)8-6-11-9-3-4-9/h9,11H,2-8H2,1H3. The Bertz CT molecular complexity index is 115. The monoisotopic (exact) mass is 174 g/mol. The molecule has 1 saturated carbocycles. The molecule has 0 heterocycles. The van der Waals surface area contributed by atoms with Crippen LogP contribution < -0.4 is 5.32 Å². The first-order valence-corrected chi connectivity index (χ1v) is 4.81. The highest BCUT2D eigenvalue weighted by Gasteiger charge is 2.19. The Labute approximate surface area is 74.1 Å². The van der Waals surface area contributed by atoms with Crippen LogP contribution in [-0.2, 0) is 0 Å². The van der Waals surface area contributed by atoms with Crippen LogP contribution in [0.25, 0.3) is 0 Å². The van der Waals surface area contributed by atoms with Gasteiger partial charge in [0.15, 0.2) is 0 Å². The van der Waals surface area contributed by atoms with Crippen LogP contribution in [0.2, 0.25) is 0 Å². The average molecular weight is 174 g/mol. The fourth-order valence-corrected chi connectivity index (χ4v) is 1.19. The van der Waals surface area contributed by atoms with Crippen LogP contribution >= 0.6 is 0 Å². The molecule has 0 unspecified atom stereocenters. The first-order valence-electron chi connectivity index (χ1n) is 4.81. The van der Waals surface area contributed by atoms with Crippen LogP contribution in [0.1, 0.15) is 19.3 Å². The van der Waals surface area contributed by atoms with Gasteiger partial charge in [0.1, 0.15) is 0 Å². The number of rotatable bonds is 7. The van der Waals surface area contributed by atoms with Crippen molar-refractivity contribution in [2.24, 2.45) is 0 Å². The van der Waals surface area contributed by atoms with Gasteiger partial charge in [-0.3, -0.25) is 4.39 Å². The van der Waals surface area contributed by atoms with Crippen molar-refractivity contribution in [1.82, 2.24) is 10.2 Å². The fraction of sp³-hybridized carbons (Fsp3) is 1.00. The summed E-state index contributed by atoms with van der Waals surface area (Å²) in [5, 5.41) is 3.43. The minimum atomic E-state index is -0.194. The van der Waals surface area contributed by atoms with Crippen molar-refractivity contribution < 1.29 is 4.39 Å². The molecule has 1 fully saturated rings. The van der Waals surface area contributed by atoms with E-state index in [9.17, 15) is 4.39 Å². The van der Waals surface area contributed by atoms with Crippen molar-refractivity contribution in [2.75, 3.05) is 33.4 Å². The second-order valence-electron chi connectivity index (χ2n) is 3.57. The molecule has 0 saturated heterocycles. The molecule has 0 radical (unpaired) electrons. The number of halogens is 1. The lowest BCUT2D eigenvalue weighted by Crippen LogP contribution is -2.31. The number of hydrogen-bond donors (Lipinski definition) is 1. The number of nitrogens with zero attached hydrogens (tertiary/aromatic N) is 1. The largest absolute Gasteiger partial charge is 0.313 e. The minimum Gasteiger partial charge on any atom is -0.313 e. The summed E-state index contributed by atoms with van der Waals surface area (Å²) in [6, 6.07) is 0.791. The van der Waals surface area contributed by atoms with Gasteiger partial charge in [0.25, 0.3) is 0 Å². The molecule has 1 aliphatic rings. The second-order valence-corrected chi connectivity index (χ2v) is 3.57. The number of alkyl halides is 1. The summed E-state index contributed by atoms with van der Waals surface area (Å²) < 4.78 is 11.8. The van der Waals surface area contributed by atoms with Crippen LogP contribution in [-0.4, -0.2) is 44.3 Å². The number of likely N-dealkylation sites (N-methyl/N-ethyl adjacent to an activating group) is 1. The van der Waals surface area contributed by atoms with Gasteiger partial charge >= 0.3 is 0 Å². The van der Waals surface area contributed by atoms with E-state index in [0.29, 0.717) is 6.42 Å².